The topological polar surface area (TPSA) is 104 Å². The van der Waals surface area contributed by atoms with E-state index >= 15 is 0 Å². The largest absolute Gasteiger partial charge is 0.450 e. The number of aliphatic hydroxyl groups excluding tert-OH is 3. The Balaban J connectivity index is 2.74. The number of aliphatic hydroxyl groups is 3. The number of esters is 1. The van der Waals surface area contributed by atoms with E-state index in [9.17, 15) is 14.7 Å². The van der Waals surface area contributed by atoms with Gasteiger partial charge in [0.1, 0.15) is 6.10 Å². The zero-order valence-electron chi connectivity index (χ0n) is 6.88. The molecule has 1 saturated heterocycles. The van der Waals surface area contributed by atoms with Crippen LogP contribution in [-0.4, -0.2) is 51.5 Å². The number of rotatable bonds is 2. The van der Waals surface area contributed by atoms with Gasteiger partial charge in [-0.2, -0.15) is 0 Å². The highest BCUT2D eigenvalue weighted by atomic mass is 16.6. The second kappa shape index (κ2) is 3.41. The number of ether oxygens (including phenoxy) is 1. The van der Waals surface area contributed by atoms with E-state index in [-0.39, 0.29) is 0 Å². The molecule has 0 aromatic carbocycles. The molecular weight excluding hydrogens is 180 g/mol. The maximum absolute atomic E-state index is 10.7. The summed E-state index contributed by atoms with van der Waals surface area (Å²) >= 11 is 0. The van der Waals surface area contributed by atoms with Crippen molar-refractivity contribution in [1.82, 2.24) is 0 Å². The smallest absolute Gasteiger partial charge is 0.378 e. The van der Waals surface area contributed by atoms with Gasteiger partial charge in [-0.05, 0) is 6.92 Å². The number of ketones is 1. The lowest BCUT2D eigenvalue weighted by Crippen LogP contribution is -2.42. The Labute approximate surface area is 73.7 Å². The molecule has 0 aromatic heterocycles. The summed E-state index contributed by atoms with van der Waals surface area (Å²) in [4.78, 5) is 21.3. The minimum atomic E-state index is -1.68. The summed E-state index contributed by atoms with van der Waals surface area (Å²) in [5, 5.41) is 27.2. The second-order valence-corrected chi connectivity index (χ2v) is 2.91. The van der Waals surface area contributed by atoms with Crippen molar-refractivity contribution < 1.29 is 29.6 Å². The molecule has 0 saturated carbocycles. The highest BCUT2D eigenvalue weighted by Crippen LogP contribution is 2.17. The SMILES string of the molecule is CC(O)C(O)C1OC(=O)C(=O)C1O. The predicted octanol–water partition coefficient (Wildman–Crippen LogP) is -2.42. The highest BCUT2D eigenvalue weighted by Gasteiger charge is 2.47. The number of Topliss-reactive ketones (excluding diaryl/α,β-unsaturated/α-hetero) is 1. The van der Waals surface area contributed by atoms with Crippen molar-refractivity contribution in [2.45, 2.75) is 31.3 Å². The van der Waals surface area contributed by atoms with E-state index in [1.165, 1.54) is 6.92 Å². The van der Waals surface area contributed by atoms with Crippen LogP contribution in [0.5, 0.6) is 0 Å². The van der Waals surface area contributed by atoms with Crippen molar-refractivity contribution in [3.63, 3.8) is 0 Å². The van der Waals surface area contributed by atoms with Gasteiger partial charge in [-0.25, -0.2) is 4.79 Å². The lowest BCUT2D eigenvalue weighted by Gasteiger charge is -2.20. The summed E-state index contributed by atoms with van der Waals surface area (Å²) in [6.45, 7) is 1.26. The van der Waals surface area contributed by atoms with Gasteiger partial charge < -0.3 is 20.1 Å². The van der Waals surface area contributed by atoms with Crippen LogP contribution in [0.2, 0.25) is 0 Å². The zero-order chi connectivity index (χ0) is 10.2. The molecule has 0 aliphatic carbocycles. The van der Waals surface area contributed by atoms with Crippen LogP contribution in [-0.2, 0) is 14.3 Å². The molecule has 6 nitrogen and oxygen atoms in total. The van der Waals surface area contributed by atoms with Gasteiger partial charge in [0.05, 0.1) is 6.10 Å². The monoisotopic (exact) mass is 190 g/mol. The number of carbonyl (C=O) groups excluding carboxylic acids is 2. The molecule has 0 bridgehead atoms. The average Bonchev–Trinajstić information content (AvgIpc) is 2.31. The Bertz CT molecular complexity index is 235. The first-order valence-corrected chi connectivity index (χ1v) is 3.74. The van der Waals surface area contributed by atoms with E-state index < -0.39 is 36.2 Å². The van der Waals surface area contributed by atoms with Gasteiger partial charge >= 0.3 is 5.97 Å². The van der Waals surface area contributed by atoms with Crippen LogP contribution < -0.4 is 0 Å². The van der Waals surface area contributed by atoms with E-state index in [1.807, 2.05) is 0 Å². The Kier molecular flexibility index (Phi) is 2.65. The van der Waals surface area contributed by atoms with Crippen LogP contribution in [0.1, 0.15) is 6.92 Å². The molecule has 1 aliphatic rings. The molecule has 1 heterocycles. The molecule has 4 unspecified atom stereocenters. The maximum Gasteiger partial charge on any atom is 0.378 e. The number of hydrogen-bond acceptors (Lipinski definition) is 6. The Morgan fingerprint density at radius 2 is 1.92 bits per heavy atom. The van der Waals surface area contributed by atoms with Gasteiger partial charge in [0.15, 0.2) is 12.2 Å². The van der Waals surface area contributed by atoms with Crippen molar-refractivity contribution in [2.24, 2.45) is 0 Å². The quantitative estimate of drug-likeness (QED) is 0.331. The fourth-order valence-corrected chi connectivity index (χ4v) is 1.05. The van der Waals surface area contributed by atoms with Gasteiger partial charge in [-0.3, -0.25) is 4.79 Å². The fourth-order valence-electron chi connectivity index (χ4n) is 1.05. The van der Waals surface area contributed by atoms with E-state index in [1.54, 1.807) is 0 Å². The second-order valence-electron chi connectivity index (χ2n) is 2.91. The Hall–Kier alpha value is -0.980. The maximum atomic E-state index is 10.7. The molecule has 3 N–H and O–H groups in total. The van der Waals surface area contributed by atoms with Crippen molar-refractivity contribution in [2.75, 3.05) is 0 Å². The minimum Gasteiger partial charge on any atom is -0.450 e. The van der Waals surface area contributed by atoms with Crippen LogP contribution in [0.4, 0.5) is 0 Å². The fraction of sp³-hybridized carbons (Fsp3) is 0.714. The summed E-state index contributed by atoms with van der Waals surface area (Å²) in [6, 6.07) is 0. The van der Waals surface area contributed by atoms with Crippen molar-refractivity contribution in [3.05, 3.63) is 0 Å². The van der Waals surface area contributed by atoms with E-state index in [4.69, 9.17) is 10.2 Å². The van der Waals surface area contributed by atoms with Gasteiger partial charge in [0, 0.05) is 0 Å². The number of hydrogen-bond donors (Lipinski definition) is 3. The molecule has 74 valence electrons. The highest BCUT2D eigenvalue weighted by molar-refractivity contribution is 6.37. The van der Waals surface area contributed by atoms with Gasteiger partial charge in [0.2, 0.25) is 0 Å². The third-order valence-corrected chi connectivity index (χ3v) is 1.85. The zero-order valence-corrected chi connectivity index (χ0v) is 6.88. The van der Waals surface area contributed by atoms with Crippen LogP contribution in [0.3, 0.4) is 0 Å². The average molecular weight is 190 g/mol. The normalized spacial score (nSPS) is 32.9. The molecule has 0 amide bonds. The van der Waals surface area contributed by atoms with Crippen LogP contribution in [0, 0.1) is 0 Å². The summed E-state index contributed by atoms with van der Waals surface area (Å²) in [6.07, 6.45) is -5.68. The predicted molar refractivity (Wildman–Crippen MR) is 38.6 cm³/mol. The van der Waals surface area contributed by atoms with Crippen molar-refractivity contribution >= 4 is 11.8 Å². The Morgan fingerprint density at radius 1 is 1.38 bits per heavy atom. The van der Waals surface area contributed by atoms with E-state index in [0.717, 1.165) is 0 Å². The first-order valence-electron chi connectivity index (χ1n) is 3.74. The molecule has 1 rings (SSSR count). The van der Waals surface area contributed by atoms with Crippen LogP contribution in [0.25, 0.3) is 0 Å². The Morgan fingerprint density at radius 3 is 2.23 bits per heavy atom. The molecule has 1 aliphatic heterocycles. The third kappa shape index (κ3) is 1.69. The third-order valence-electron chi connectivity index (χ3n) is 1.85. The van der Waals surface area contributed by atoms with Gasteiger partial charge in [-0.1, -0.05) is 0 Å². The molecule has 0 aromatic rings. The van der Waals surface area contributed by atoms with Crippen molar-refractivity contribution in [3.8, 4) is 0 Å². The van der Waals surface area contributed by atoms with E-state index in [2.05, 4.69) is 4.74 Å². The van der Waals surface area contributed by atoms with Gasteiger partial charge in [0.25, 0.3) is 5.78 Å². The molecule has 13 heavy (non-hydrogen) atoms. The van der Waals surface area contributed by atoms with Crippen LogP contribution >= 0.6 is 0 Å². The first-order chi connectivity index (χ1) is 5.95. The molecule has 1 fully saturated rings. The molecule has 6 heteroatoms. The molecule has 0 spiro atoms. The standard InChI is InChI=1S/C7H10O6/c1-2(8)3(9)6-4(10)5(11)7(12)13-6/h2-4,6,8-10H,1H3. The molecular formula is C7H10O6. The van der Waals surface area contributed by atoms with Crippen molar-refractivity contribution in [1.29, 1.82) is 0 Å². The summed E-state index contributed by atoms with van der Waals surface area (Å²) in [7, 11) is 0. The van der Waals surface area contributed by atoms with Crippen LogP contribution in [0.15, 0.2) is 0 Å². The summed E-state index contributed by atoms with van der Waals surface area (Å²) < 4.78 is 4.36. The summed E-state index contributed by atoms with van der Waals surface area (Å²) in [5.41, 5.74) is 0. The lowest BCUT2D eigenvalue weighted by atomic mass is 10.0. The number of cyclic esters (lactones) is 1. The van der Waals surface area contributed by atoms with Gasteiger partial charge in [-0.15, -0.1) is 0 Å². The van der Waals surface area contributed by atoms with E-state index in [0.29, 0.717) is 0 Å². The minimum absolute atomic E-state index is 1.09. The number of carbonyl (C=O) groups is 2. The summed E-state index contributed by atoms with van der Waals surface area (Å²) in [5.74, 6) is -2.28. The lowest BCUT2D eigenvalue weighted by molar-refractivity contribution is -0.153. The first kappa shape index (κ1) is 10.1. The molecule has 4 atom stereocenters. The molecule has 0 radical (unpaired) electrons.